The van der Waals surface area contributed by atoms with E-state index >= 15 is 0 Å². The summed E-state index contributed by atoms with van der Waals surface area (Å²) in [6, 6.07) is 1.64. The minimum atomic E-state index is -1.54. The standard InChI is InChI=1S/C42H67N5O13/c1-23(2)19-28(38(52)47-18-12-13-31(47)39(53)54)44-37(51)35(25(5)6)59-33(49)21-32(48)34(24(3)4)46-36(50)30(45-41(56)60-42(7,8)9)22-58-40(55)29(43-10)20-26-14-16-27(57-11)17-15-26/h14-17,23-25,28-32,34-35,43,48H,12-13,18-22H2,1-11H3,(H,44,51)(H,45,56)(H,46,50)(H,53,54)/t28-,29-,30-,31-,32-,34+,35-/m0/s1. The zero-order chi connectivity index (χ0) is 45.5. The number of aliphatic carboxylic acids is 1. The SMILES string of the molecule is CN[C@@H](Cc1ccc(OC)cc1)C(=O)OC[C@H](NC(=O)OC(C)(C)C)C(=O)N[C@H](C(C)C)[C@@H](O)CC(=O)O[C@H](C(=O)N[C@@H](CC(C)C)C(=O)N1CCC[C@H]1C(=O)O)C(C)C. The number of carbonyl (C=O) groups excluding carboxylic acids is 6. The first-order chi connectivity index (χ1) is 28.0. The molecular weight excluding hydrogens is 782 g/mol. The smallest absolute Gasteiger partial charge is 0.408 e. The number of nitrogens with one attached hydrogen (secondary N) is 4. The summed E-state index contributed by atoms with van der Waals surface area (Å²) >= 11 is 0. The van der Waals surface area contributed by atoms with Gasteiger partial charge in [-0.05, 0) is 89.0 Å². The van der Waals surface area contributed by atoms with Crippen LogP contribution in [0.25, 0.3) is 0 Å². The molecule has 1 saturated heterocycles. The Balaban J connectivity index is 2.19. The number of benzene rings is 1. The number of likely N-dealkylation sites (N-methyl/N-ethyl adjacent to an activating group) is 1. The van der Waals surface area contributed by atoms with Crippen molar-refractivity contribution in [2.75, 3.05) is 27.3 Å². The molecule has 18 heteroatoms. The maximum atomic E-state index is 13.8. The lowest BCUT2D eigenvalue weighted by molar-refractivity contribution is -0.162. The Kier molecular flexibility index (Phi) is 20.2. The number of amides is 4. The molecule has 6 N–H and O–H groups in total. The number of rotatable bonds is 22. The van der Waals surface area contributed by atoms with Crippen LogP contribution in [0.3, 0.4) is 0 Å². The van der Waals surface area contributed by atoms with Crippen LogP contribution in [0.15, 0.2) is 24.3 Å². The Bertz CT molecular complexity index is 1610. The number of carboxylic acid groups (broad SMARTS) is 1. The lowest BCUT2D eigenvalue weighted by atomic mass is 9.95. The maximum Gasteiger partial charge on any atom is 0.408 e. The van der Waals surface area contributed by atoms with Crippen molar-refractivity contribution in [3.63, 3.8) is 0 Å². The molecule has 0 aliphatic carbocycles. The third kappa shape index (κ3) is 16.6. The molecule has 7 atom stereocenters. The number of nitrogens with zero attached hydrogens (tertiary/aromatic N) is 1. The summed E-state index contributed by atoms with van der Waals surface area (Å²) in [6.07, 6.45) is -3.28. The van der Waals surface area contributed by atoms with E-state index in [1.807, 2.05) is 13.8 Å². The van der Waals surface area contributed by atoms with E-state index in [4.69, 9.17) is 18.9 Å². The van der Waals surface area contributed by atoms with Gasteiger partial charge in [-0.25, -0.2) is 9.59 Å². The first-order valence-electron chi connectivity index (χ1n) is 20.5. The third-order valence-electron chi connectivity index (χ3n) is 9.71. The quantitative estimate of drug-likeness (QED) is 0.0725. The van der Waals surface area contributed by atoms with E-state index in [0.29, 0.717) is 18.6 Å². The predicted octanol–water partition coefficient (Wildman–Crippen LogP) is 2.33. The molecule has 18 nitrogen and oxygen atoms in total. The van der Waals surface area contributed by atoms with E-state index < -0.39 is 115 Å². The van der Waals surface area contributed by atoms with Gasteiger partial charge in [0, 0.05) is 6.54 Å². The Hall–Kier alpha value is -4.97. The Morgan fingerprint density at radius 3 is 2.02 bits per heavy atom. The van der Waals surface area contributed by atoms with E-state index in [-0.39, 0.29) is 25.3 Å². The minimum absolute atomic E-state index is 0.0511. The molecule has 1 aromatic carbocycles. The lowest BCUT2D eigenvalue weighted by Gasteiger charge is -2.31. The number of aliphatic hydroxyl groups is 1. The second-order valence-corrected chi connectivity index (χ2v) is 17.1. The fraction of sp³-hybridized carbons (Fsp3) is 0.690. The number of alkyl carbamates (subject to hydrolysis) is 1. The topological polar surface area (TPSA) is 248 Å². The molecule has 60 heavy (non-hydrogen) atoms. The molecule has 1 fully saturated rings. The maximum absolute atomic E-state index is 13.8. The Morgan fingerprint density at radius 2 is 1.50 bits per heavy atom. The highest BCUT2D eigenvalue weighted by Gasteiger charge is 2.40. The van der Waals surface area contributed by atoms with Crippen LogP contribution in [0.2, 0.25) is 0 Å². The third-order valence-corrected chi connectivity index (χ3v) is 9.71. The fourth-order valence-electron chi connectivity index (χ4n) is 6.59. The molecule has 1 aromatic rings. The first-order valence-corrected chi connectivity index (χ1v) is 20.5. The Labute approximate surface area is 353 Å². The van der Waals surface area contributed by atoms with Gasteiger partial charge in [0.05, 0.1) is 25.7 Å². The molecule has 338 valence electrons. The number of esters is 2. The molecule has 4 amide bonds. The van der Waals surface area contributed by atoms with Gasteiger partial charge in [-0.3, -0.25) is 24.0 Å². The largest absolute Gasteiger partial charge is 0.497 e. The second-order valence-electron chi connectivity index (χ2n) is 17.1. The van der Waals surface area contributed by atoms with Gasteiger partial charge in [0.2, 0.25) is 11.8 Å². The minimum Gasteiger partial charge on any atom is -0.497 e. The van der Waals surface area contributed by atoms with Crippen LogP contribution in [-0.4, -0.2) is 132 Å². The normalized spacial score (nSPS) is 17.2. The van der Waals surface area contributed by atoms with Gasteiger partial charge in [0.25, 0.3) is 5.91 Å². The number of carbonyl (C=O) groups is 7. The summed E-state index contributed by atoms with van der Waals surface area (Å²) in [4.78, 5) is 93.2. The van der Waals surface area contributed by atoms with Crippen molar-refractivity contribution in [2.24, 2.45) is 17.8 Å². The number of ether oxygens (including phenoxy) is 4. The average molecular weight is 850 g/mol. The van der Waals surface area contributed by atoms with Crippen LogP contribution in [0.4, 0.5) is 4.79 Å². The van der Waals surface area contributed by atoms with E-state index in [1.165, 1.54) is 12.0 Å². The number of likely N-dealkylation sites (tertiary alicyclic amines) is 1. The molecule has 0 aromatic heterocycles. The van der Waals surface area contributed by atoms with Gasteiger partial charge in [-0.1, -0.05) is 53.7 Å². The highest BCUT2D eigenvalue weighted by atomic mass is 16.6. The van der Waals surface area contributed by atoms with Crippen LogP contribution in [0.5, 0.6) is 5.75 Å². The first kappa shape index (κ1) is 51.2. The van der Waals surface area contributed by atoms with Crippen molar-refractivity contribution in [3.8, 4) is 5.75 Å². The summed E-state index contributed by atoms with van der Waals surface area (Å²) in [7, 11) is 3.12. The van der Waals surface area contributed by atoms with Crippen LogP contribution >= 0.6 is 0 Å². The summed E-state index contributed by atoms with van der Waals surface area (Å²) in [5.74, 6) is -5.40. The van der Waals surface area contributed by atoms with Crippen LogP contribution in [0.1, 0.15) is 93.6 Å². The predicted molar refractivity (Wildman–Crippen MR) is 220 cm³/mol. The van der Waals surface area contributed by atoms with Crippen molar-refractivity contribution in [3.05, 3.63) is 29.8 Å². The van der Waals surface area contributed by atoms with Gasteiger partial charge in [-0.2, -0.15) is 0 Å². The second kappa shape index (κ2) is 23.7. The van der Waals surface area contributed by atoms with Gasteiger partial charge < -0.3 is 55.3 Å². The number of carboxylic acids is 1. The number of hydrogen-bond donors (Lipinski definition) is 6. The zero-order valence-corrected chi connectivity index (χ0v) is 36.9. The van der Waals surface area contributed by atoms with Crippen LogP contribution in [0, 0.1) is 17.8 Å². The molecule has 2 rings (SSSR count). The summed E-state index contributed by atoms with van der Waals surface area (Å²) in [6.45, 7) is 14.8. The highest BCUT2D eigenvalue weighted by Crippen LogP contribution is 2.22. The zero-order valence-electron chi connectivity index (χ0n) is 36.9. The fourth-order valence-corrected chi connectivity index (χ4v) is 6.59. The molecule has 1 aliphatic rings. The van der Waals surface area contributed by atoms with Crippen molar-refractivity contribution < 1.29 is 62.7 Å². The Morgan fingerprint density at radius 1 is 0.867 bits per heavy atom. The molecule has 0 radical (unpaired) electrons. The lowest BCUT2D eigenvalue weighted by Crippen LogP contribution is -2.57. The van der Waals surface area contributed by atoms with Gasteiger partial charge in [-0.15, -0.1) is 0 Å². The van der Waals surface area contributed by atoms with Gasteiger partial charge in [0.15, 0.2) is 6.10 Å². The van der Waals surface area contributed by atoms with E-state index in [0.717, 1.165) is 5.56 Å². The molecule has 0 spiro atoms. The van der Waals surface area contributed by atoms with E-state index in [2.05, 4.69) is 21.3 Å². The van der Waals surface area contributed by atoms with Crippen LogP contribution in [-0.2, 0) is 49.4 Å². The summed E-state index contributed by atoms with van der Waals surface area (Å²) in [5.41, 5.74) is -0.124. The van der Waals surface area contributed by atoms with Gasteiger partial charge >= 0.3 is 24.0 Å². The van der Waals surface area contributed by atoms with Gasteiger partial charge in [0.1, 0.15) is 42.1 Å². The number of aliphatic hydroxyl groups excluding tert-OH is 1. The molecule has 1 heterocycles. The van der Waals surface area contributed by atoms with Crippen molar-refractivity contribution >= 4 is 41.7 Å². The number of hydrogen-bond acceptors (Lipinski definition) is 13. The molecule has 0 saturated carbocycles. The summed E-state index contributed by atoms with van der Waals surface area (Å²) in [5, 5.41) is 31.6. The van der Waals surface area contributed by atoms with Crippen molar-refractivity contribution in [2.45, 2.75) is 142 Å². The van der Waals surface area contributed by atoms with E-state index in [9.17, 15) is 43.8 Å². The molecule has 0 unspecified atom stereocenters. The van der Waals surface area contributed by atoms with Crippen LogP contribution < -0.4 is 26.0 Å². The van der Waals surface area contributed by atoms with Crippen molar-refractivity contribution in [1.29, 1.82) is 0 Å². The molecular formula is C42H67N5O13. The average Bonchev–Trinajstić information content (AvgIpc) is 3.65. The highest BCUT2D eigenvalue weighted by molar-refractivity contribution is 5.93. The molecule has 1 aliphatic heterocycles. The number of methoxy groups -OCH3 is 1. The monoisotopic (exact) mass is 849 g/mol. The molecule has 0 bridgehead atoms. The van der Waals surface area contributed by atoms with E-state index in [1.54, 1.807) is 79.8 Å². The van der Waals surface area contributed by atoms with Crippen molar-refractivity contribution in [1.82, 2.24) is 26.2 Å². The summed E-state index contributed by atoms with van der Waals surface area (Å²) < 4.78 is 21.6.